The molecular formula is C25H26FN5O. The average Bonchev–Trinajstić information content (AvgIpc) is 3.47. The van der Waals surface area contributed by atoms with Crippen molar-refractivity contribution in [1.29, 1.82) is 0 Å². The van der Waals surface area contributed by atoms with Gasteiger partial charge in [-0.25, -0.2) is 13.9 Å². The van der Waals surface area contributed by atoms with Crippen LogP contribution < -0.4 is 15.0 Å². The van der Waals surface area contributed by atoms with Crippen LogP contribution in [0.3, 0.4) is 0 Å². The summed E-state index contributed by atoms with van der Waals surface area (Å²) in [5.74, 6) is 1.41. The zero-order valence-corrected chi connectivity index (χ0v) is 18.0. The van der Waals surface area contributed by atoms with E-state index in [1.807, 2.05) is 65.1 Å². The number of hydrogen-bond acceptors (Lipinski definition) is 5. The van der Waals surface area contributed by atoms with E-state index in [2.05, 4.69) is 10.3 Å². The number of nitrogens with zero attached hydrogens (tertiary/aromatic N) is 4. The van der Waals surface area contributed by atoms with Crippen LogP contribution in [0.25, 0.3) is 16.9 Å². The zero-order chi connectivity index (χ0) is 21.9. The lowest BCUT2D eigenvalue weighted by molar-refractivity contribution is 0.277. The number of imidazole rings is 1. The van der Waals surface area contributed by atoms with Crippen LogP contribution in [0.15, 0.2) is 66.9 Å². The normalized spacial score (nSPS) is 15.9. The summed E-state index contributed by atoms with van der Waals surface area (Å²) in [5.41, 5.74) is 3.59. The topological polar surface area (TPSA) is 54.7 Å². The van der Waals surface area contributed by atoms with Gasteiger partial charge in [-0.15, -0.1) is 5.10 Å². The molecule has 0 spiro atoms. The average molecular weight is 432 g/mol. The molecule has 1 atom stereocenters. The molecule has 3 heterocycles. The van der Waals surface area contributed by atoms with E-state index in [-0.39, 0.29) is 5.82 Å². The summed E-state index contributed by atoms with van der Waals surface area (Å²) in [4.78, 5) is 6.49. The van der Waals surface area contributed by atoms with Crippen molar-refractivity contribution >= 4 is 11.5 Å². The van der Waals surface area contributed by atoms with Gasteiger partial charge in [-0.05, 0) is 73.5 Å². The molecule has 0 saturated carbocycles. The number of rotatable bonds is 7. The second kappa shape index (κ2) is 8.96. The number of ether oxygens (including phenoxy) is 1. The largest absolute Gasteiger partial charge is 0.492 e. The maximum atomic E-state index is 13.5. The molecule has 0 radical (unpaired) electrons. The number of hydrogen-bond donors (Lipinski definition) is 1. The SMILES string of the molecule is CN(Cc1cccc(F)c1)c1ccc2ncc(-c3ccc(OC[C@@H]4CCCN4)cc3)n2n1. The van der Waals surface area contributed by atoms with Crippen molar-refractivity contribution in [2.24, 2.45) is 0 Å². The van der Waals surface area contributed by atoms with Crippen molar-refractivity contribution in [3.63, 3.8) is 0 Å². The predicted octanol–water partition coefficient (Wildman–Crippen LogP) is 4.30. The highest BCUT2D eigenvalue weighted by Crippen LogP contribution is 2.24. The molecule has 2 aromatic heterocycles. The molecule has 0 bridgehead atoms. The van der Waals surface area contributed by atoms with Crippen LogP contribution in [0.2, 0.25) is 0 Å². The van der Waals surface area contributed by atoms with Gasteiger partial charge in [-0.2, -0.15) is 0 Å². The van der Waals surface area contributed by atoms with Gasteiger partial charge in [0.15, 0.2) is 5.65 Å². The maximum absolute atomic E-state index is 13.5. The van der Waals surface area contributed by atoms with E-state index in [1.165, 1.54) is 18.9 Å². The number of aromatic nitrogens is 3. The molecule has 0 unspecified atom stereocenters. The van der Waals surface area contributed by atoms with Crippen molar-refractivity contribution < 1.29 is 9.13 Å². The Morgan fingerprint density at radius 3 is 2.81 bits per heavy atom. The highest BCUT2D eigenvalue weighted by atomic mass is 19.1. The van der Waals surface area contributed by atoms with Crippen molar-refractivity contribution in [3.8, 4) is 17.0 Å². The third kappa shape index (κ3) is 4.43. The van der Waals surface area contributed by atoms with E-state index in [9.17, 15) is 4.39 Å². The quantitative estimate of drug-likeness (QED) is 0.473. The van der Waals surface area contributed by atoms with Crippen molar-refractivity contribution in [2.75, 3.05) is 25.1 Å². The minimum absolute atomic E-state index is 0.233. The van der Waals surface area contributed by atoms with E-state index in [1.54, 1.807) is 12.1 Å². The summed E-state index contributed by atoms with van der Waals surface area (Å²) in [6, 6.07) is 19.0. The Morgan fingerprint density at radius 2 is 2.03 bits per heavy atom. The Bertz CT molecular complexity index is 1200. The Hall–Kier alpha value is -3.45. The van der Waals surface area contributed by atoms with Crippen molar-refractivity contribution in [2.45, 2.75) is 25.4 Å². The lowest BCUT2D eigenvalue weighted by atomic mass is 10.1. The predicted molar refractivity (Wildman–Crippen MR) is 123 cm³/mol. The molecule has 1 aliphatic heterocycles. The summed E-state index contributed by atoms with van der Waals surface area (Å²) in [6.45, 7) is 2.33. The monoisotopic (exact) mass is 431 g/mol. The molecule has 1 aliphatic rings. The van der Waals surface area contributed by atoms with Crippen LogP contribution in [-0.4, -0.2) is 40.8 Å². The highest BCUT2D eigenvalue weighted by Gasteiger charge is 2.15. The second-order valence-electron chi connectivity index (χ2n) is 8.22. The van der Waals surface area contributed by atoms with Crippen LogP contribution in [0, 0.1) is 5.82 Å². The molecule has 6 nitrogen and oxygen atoms in total. The molecule has 7 heteroatoms. The molecule has 4 aromatic rings. The summed E-state index contributed by atoms with van der Waals surface area (Å²) in [5, 5.41) is 8.23. The third-order valence-electron chi connectivity index (χ3n) is 5.81. The smallest absolute Gasteiger partial charge is 0.154 e. The highest BCUT2D eigenvalue weighted by molar-refractivity contribution is 5.64. The van der Waals surface area contributed by atoms with Gasteiger partial charge in [-0.1, -0.05) is 12.1 Å². The summed E-state index contributed by atoms with van der Waals surface area (Å²) >= 11 is 0. The summed E-state index contributed by atoms with van der Waals surface area (Å²) < 4.78 is 21.3. The molecule has 164 valence electrons. The van der Waals surface area contributed by atoms with E-state index < -0.39 is 0 Å². The van der Waals surface area contributed by atoms with Gasteiger partial charge < -0.3 is 15.0 Å². The Kier molecular flexibility index (Phi) is 5.73. The minimum Gasteiger partial charge on any atom is -0.492 e. The van der Waals surface area contributed by atoms with Crippen LogP contribution in [0.1, 0.15) is 18.4 Å². The fraction of sp³-hybridized carbons (Fsp3) is 0.280. The van der Waals surface area contributed by atoms with Gasteiger partial charge in [0.25, 0.3) is 0 Å². The first kappa shape index (κ1) is 20.5. The van der Waals surface area contributed by atoms with Gasteiger partial charge >= 0.3 is 0 Å². The lowest BCUT2D eigenvalue weighted by Crippen LogP contribution is -2.28. The second-order valence-corrected chi connectivity index (χ2v) is 8.22. The van der Waals surface area contributed by atoms with Crippen molar-refractivity contribution in [1.82, 2.24) is 19.9 Å². The summed E-state index contributed by atoms with van der Waals surface area (Å²) in [6.07, 6.45) is 4.21. The van der Waals surface area contributed by atoms with Crippen LogP contribution in [0.5, 0.6) is 5.75 Å². The molecule has 1 fully saturated rings. The van der Waals surface area contributed by atoms with E-state index in [0.29, 0.717) is 19.2 Å². The first-order chi connectivity index (χ1) is 15.7. The van der Waals surface area contributed by atoms with Gasteiger partial charge in [0.05, 0.1) is 11.9 Å². The number of anilines is 1. The number of fused-ring (bicyclic) bond motifs is 1. The zero-order valence-electron chi connectivity index (χ0n) is 18.0. The first-order valence-corrected chi connectivity index (χ1v) is 10.9. The molecule has 5 rings (SSSR count). The van der Waals surface area contributed by atoms with Crippen LogP contribution in [-0.2, 0) is 6.54 Å². The third-order valence-corrected chi connectivity index (χ3v) is 5.81. The molecule has 0 aliphatic carbocycles. The van der Waals surface area contributed by atoms with E-state index in [4.69, 9.17) is 9.84 Å². The first-order valence-electron chi connectivity index (χ1n) is 10.9. The number of benzene rings is 2. The van der Waals surface area contributed by atoms with Crippen molar-refractivity contribution in [3.05, 3.63) is 78.2 Å². The van der Waals surface area contributed by atoms with E-state index in [0.717, 1.165) is 40.6 Å². The molecular weight excluding hydrogens is 405 g/mol. The molecule has 2 aromatic carbocycles. The molecule has 32 heavy (non-hydrogen) atoms. The van der Waals surface area contributed by atoms with E-state index >= 15 is 0 Å². The van der Waals surface area contributed by atoms with Gasteiger partial charge in [0.1, 0.15) is 24.0 Å². The van der Waals surface area contributed by atoms with Gasteiger partial charge in [0.2, 0.25) is 0 Å². The van der Waals surface area contributed by atoms with Gasteiger partial charge in [-0.3, -0.25) is 0 Å². The lowest BCUT2D eigenvalue weighted by Gasteiger charge is -2.18. The minimum atomic E-state index is -0.233. The fourth-order valence-electron chi connectivity index (χ4n) is 4.07. The Morgan fingerprint density at radius 1 is 1.16 bits per heavy atom. The summed E-state index contributed by atoms with van der Waals surface area (Å²) in [7, 11) is 1.95. The molecule has 1 N–H and O–H groups in total. The Labute approximate surface area is 186 Å². The maximum Gasteiger partial charge on any atom is 0.154 e. The number of nitrogens with one attached hydrogen (secondary N) is 1. The van der Waals surface area contributed by atoms with Gasteiger partial charge in [0, 0.05) is 25.2 Å². The molecule has 1 saturated heterocycles. The van der Waals surface area contributed by atoms with Crippen LogP contribution in [0.4, 0.5) is 10.2 Å². The fourth-order valence-corrected chi connectivity index (χ4v) is 4.07. The Balaban J connectivity index is 1.34. The van der Waals surface area contributed by atoms with Crippen LogP contribution >= 0.6 is 0 Å². The molecule has 0 amide bonds. The standard InChI is InChI=1S/C25H26FN5O/c1-30(16-18-4-2-5-20(26)14-18)25-12-11-24-28-15-23(31(24)29-25)19-7-9-22(10-8-19)32-17-21-6-3-13-27-21/h2,4-5,7-12,14-15,21,27H,3,6,13,16-17H2,1H3/t21-/m0/s1. The number of halogens is 1.